The van der Waals surface area contributed by atoms with Gasteiger partial charge in [-0.1, -0.05) is 17.7 Å². The summed E-state index contributed by atoms with van der Waals surface area (Å²) in [4.78, 5) is 0. The highest BCUT2D eigenvalue weighted by atomic mass is 35.5. The Morgan fingerprint density at radius 1 is 1.50 bits per heavy atom. The molecule has 16 heavy (non-hydrogen) atoms. The Bertz CT molecular complexity index is 307. The highest BCUT2D eigenvalue weighted by Crippen LogP contribution is 2.18. The van der Waals surface area contributed by atoms with Gasteiger partial charge in [-0.05, 0) is 44.6 Å². The van der Waals surface area contributed by atoms with Crippen LogP contribution >= 0.6 is 11.6 Å². The molecular formula is C12H19ClN2O. The molecule has 0 heterocycles. The first-order valence-electron chi connectivity index (χ1n) is 5.55. The molecule has 1 aromatic carbocycles. The minimum Gasteiger partial charge on any atom is -0.489 e. The number of nitrogens with one attached hydrogen (secondary N) is 1. The zero-order valence-electron chi connectivity index (χ0n) is 9.58. The predicted molar refractivity (Wildman–Crippen MR) is 68.1 cm³/mol. The number of rotatable bonds is 7. The Kier molecular flexibility index (Phi) is 6.23. The summed E-state index contributed by atoms with van der Waals surface area (Å²) >= 11 is 5.86. The Balaban J connectivity index is 2.25. The summed E-state index contributed by atoms with van der Waals surface area (Å²) in [5, 5.41) is 3.98. The van der Waals surface area contributed by atoms with Gasteiger partial charge in [-0.15, -0.1) is 0 Å². The van der Waals surface area contributed by atoms with E-state index in [9.17, 15) is 0 Å². The van der Waals surface area contributed by atoms with Gasteiger partial charge in [0, 0.05) is 11.6 Å². The molecule has 0 saturated carbocycles. The highest BCUT2D eigenvalue weighted by Gasteiger charge is 2.03. The van der Waals surface area contributed by atoms with E-state index in [1.807, 2.05) is 31.2 Å². The van der Waals surface area contributed by atoms with Gasteiger partial charge in [-0.3, -0.25) is 0 Å². The standard InChI is InChI=1S/C12H19ClN2O/c1-10(9-15-7-3-6-14)16-12-5-2-4-11(13)8-12/h2,4-5,8,10,15H,3,6-7,9,14H2,1H3. The molecule has 0 aliphatic carbocycles. The van der Waals surface area contributed by atoms with Crippen LogP contribution in [0.1, 0.15) is 13.3 Å². The third-order valence-electron chi connectivity index (χ3n) is 2.12. The summed E-state index contributed by atoms with van der Waals surface area (Å²) in [5.74, 6) is 0.806. The molecule has 0 spiro atoms. The molecule has 4 heteroatoms. The van der Waals surface area contributed by atoms with E-state index in [-0.39, 0.29) is 6.10 Å². The number of halogens is 1. The fourth-order valence-electron chi connectivity index (χ4n) is 1.35. The van der Waals surface area contributed by atoms with Crippen LogP contribution in [0.3, 0.4) is 0 Å². The Morgan fingerprint density at radius 2 is 2.31 bits per heavy atom. The first-order valence-corrected chi connectivity index (χ1v) is 5.93. The minimum atomic E-state index is 0.122. The summed E-state index contributed by atoms with van der Waals surface area (Å²) in [7, 11) is 0. The van der Waals surface area contributed by atoms with Crippen molar-refractivity contribution in [3.8, 4) is 5.75 Å². The Labute approximate surface area is 102 Å². The molecule has 0 bridgehead atoms. The zero-order valence-corrected chi connectivity index (χ0v) is 10.3. The quantitative estimate of drug-likeness (QED) is 0.720. The van der Waals surface area contributed by atoms with Crippen LogP contribution in [0.15, 0.2) is 24.3 Å². The van der Waals surface area contributed by atoms with E-state index in [0.717, 1.165) is 31.8 Å². The molecular weight excluding hydrogens is 224 g/mol. The van der Waals surface area contributed by atoms with Gasteiger partial charge < -0.3 is 15.8 Å². The van der Waals surface area contributed by atoms with Crippen LogP contribution in [0.2, 0.25) is 5.02 Å². The lowest BCUT2D eigenvalue weighted by molar-refractivity contribution is 0.217. The van der Waals surface area contributed by atoms with Crippen molar-refractivity contribution in [2.75, 3.05) is 19.6 Å². The number of nitrogens with two attached hydrogens (primary N) is 1. The van der Waals surface area contributed by atoms with Crippen molar-refractivity contribution in [1.29, 1.82) is 0 Å². The summed E-state index contributed by atoms with van der Waals surface area (Å²) < 4.78 is 5.70. The van der Waals surface area contributed by atoms with Gasteiger partial charge in [0.25, 0.3) is 0 Å². The largest absolute Gasteiger partial charge is 0.489 e. The van der Waals surface area contributed by atoms with Crippen LogP contribution < -0.4 is 15.8 Å². The van der Waals surface area contributed by atoms with E-state index in [0.29, 0.717) is 5.02 Å². The maximum Gasteiger partial charge on any atom is 0.121 e. The van der Waals surface area contributed by atoms with Gasteiger partial charge in [0.1, 0.15) is 11.9 Å². The highest BCUT2D eigenvalue weighted by molar-refractivity contribution is 6.30. The van der Waals surface area contributed by atoms with Crippen molar-refractivity contribution in [3.63, 3.8) is 0 Å². The second-order valence-corrected chi connectivity index (χ2v) is 4.17. The molecule has 0 saturated heterocycles. The van der Waals surface area contributed by atoms with Gasteiger partial charge >= 0.3 is 0 Å². The molecule has 1 unspecified atom stereocenters. The van der Waals surface area contributed by atoms with Crippen molar-refractivity contribution < 1.29 is 4.74 Å². The lowest BCUT2D eigenvalue weighted by Gasteiger charge is -2.15. The van der Waals surface area contributed by atoms with Crippen molar-refractivity contribution in [1.82, 2.24) is 5.32 Å². The molecule has 0 amide bonds. The van der Waals surface area contributed by atoms with Crippen molar-refractivity contribution >= 4 is 11.6 Å². The van der Waals surface area contributed by atoms with Gasteiger partial charge in [-0.25, -0.2) is 0 Å². The van der Waals surface area contributed by atoms with Gasteiger partial charge in [-0.2, -0.15) is 0 Å². The lowest BCUT2D eigenvalue weighted by Crippen LogP contribution is -2.30. The molecule has 1 rings (SSSR count). The summed E-state index contributed by atoms with van der Waals surface area (Å²) in [6.07, 6.45) is 1.11. The van der Waals surface area contributed by atoms with E-state index in [1.165, 1.54) is 0 Å². The first kappa shape index (κ1) is 13.3. The number of ether oxygens (including phenoxy) is 1. The van der Waals surface area contributed by atoms with E-state index >= 15 is 0 Å². The second kappa shape index (κ2) is 7.49. The summed E-state index contributed by atoms with van der Waals surface area (Å²) in [6.45, 7) is 4.49. The van der Waals surface area contributed by atoms with Crippen LogP contribution in [0.25, 0.3) is 0 Å². The Hall–Kier alpha value is -0.770. The zero-order chi connectivity index (χ0) is 11.8. The van der Waals surface area contributed by atoms with Crippen LogP contribution in [0, 0.1) is 0 Å². The van der Waals surface area contributed by atoms with Gasteiger partial charge in [0.2, 0.25) is 0 Å². The molecule has 3 N–H and O–H groups in total. The minimum absolute atomic E-state index is 0.122. The number of hydrogen-bond donors (Lipinski definition) is 2. The van der Waals surface area contributed by atoms with Crippen LogP contribution in [-0.2, 0) is 0 Å². The third-order valence-corrected chi connectivity index (χ3v) is 2.36. The molecule has 0 aliphatic heterocycles. The van der Waals surface area contributed by atoms with E-state index < -0.39 is 0 Å². The predicted octanol–water partition coefficient (Wildman–Crippen LogP) is 2.05. The average Bonchev–Trinajstić information content (AvgIpc) is 2.24. The molecule has 3 nitrogen and oxygen atoms in total. The van der Waals surface area contributed by atoms with Gasteiger partial charge in [0.05, 0.1) is 0 Å². The molecule has 0 aliphatic rings. The SMILES string of the molecule is CC(CNCCCN)Oc1cccc(Cl)c1. The fraction of sp³-hybridized carbons (Fsp3) is 0.500. The van der Waals surface area contributed by atoms with E-state index in [1.54, 1.807) is 0 Å². The van der Waals surface area contributed by atoms with E-state index in [4.69, 9.17) is 22.1 Å². The molecule has 0 radical (unpaired) electrons. The third kappa shape index (κ3) is 5.35. The maximum atomic E-state index is 5.86. The second-order valence-electron chi connectivity index (χ2n) is 3.73. The fourth-order valence-corrected chi connectivity index (χ4v) is 1.53. The van der Waals surface area contributed by atoms with Crippen LogP contribution in [0.4, 0.5) is 0 Å². The van der Waals surface area contributed by atoms with E-state index in [2.05, 4.69) is 5.32 Å². The smallest absolute Gasteiger partial charge is 0.121 e. The first-order chi connectivity index (χ1) is 7.72. The normalized spacial score (nSPS) is 12.4. The number of hydrogen-bond acceptors (Lipinski definition) is 3. The molecule has 90 valence electrons. The lowest BCUT2D eigenvalue weighted by atomic mass is 10.3. The monoisotopic (exact) mass is 242 g/mol. The summed E-state index contributed by atoms with van der Waals surface area (Å²) in [6, 6.07) is 7.44. The van der Waals surface area contributed by atoms with Crippen molar-refractivity contribution in [3.05, 3.63) is 29.3 Å². The van der Waals surface area contributed by atoms with Crippen LogP contribution in [-0.4, -0.2) is 25.7 Å². The summed E-state index contributed by atoms with van der Waals surface area (Å²) in [5.41, 5.74) is 5.40. The molecule has 0 aromatic heterocycles. The molecule has 1 aromatic rings. The average molecular weight is 243 g/mol. The molecule has 0 fully saturated rings. The van der Waals surface area contributed by atoms with Crippen LogP contribution in [0.5, 0.6) is 5.75 Å². The van der Waals surface area contributed by atoms with Gasteiger partial charge in [0.15, 0.2) is 0 Å². The number of benzene rings is 1. The van der Waals surface area contributed by atoms with Crippen molar-refractivity contribution in [2.45, 2.75) is 19.4 Å². The van der Waals surface area contributed by atoms with Crippen molar-refractivity contribution in [2.24, 2.45) is 5.73 Å². The topological polar surface area (TPSA) is 47.3 Å². The molecule has 1 atom stereocenters. The Morgan fingerprint density at radius 3 is 3.00 bits per heavy atom. The maximum absolute atomic E-state index is 5.86.